The van der Waals surface area contributed by atoms with Gasteiger partial charge in [0.05, 0.1) is 7.11 Å². The molecule has 0 aliphatic heterocycles. The van der Waals surface area contributed by atoms with E-state index in [4.69, 9.17) is 0 Å². The van der Waals surface area contributed by atoms with E-state index in [0.717, 1.165) is 7.11 Å². The van der Waals surface area contributed by atoms with Gasteiger partial charge in [-0.25, -0.2) is 0 Å². The summed E-state index contributed by atoms with van der Waals surface area (Å²) in [5.41, 5.74) is 0. The zero-order valence-corrected chi connectivity index (χ0v) is 8.89. The Bertz CT molecular complexity index is 327. The molecule has 0 aliphatic rings. The van der Waals surface area contributed by atoms with Crippen LogP contribution in [-0.4, -0.2) is 18.3 Å². The number of esters is 1. The Balaban J connectivity index is 2.60. The number of halogens is 2. The molecule has 0 unspecified atom stereocenters. The molecule has 0 N–H and O–H groups in total. The lowest BCUT2D eigenvalue weighted by Gasteiger charge is -2.13. The fourth-order valence-corrected chi connectivity index (χ4v) is 1.77. The predicted molar refractivity (Wildman–Crippen MR) is 53.9 cm³/mol. The van der Waals surface area contributed by atoms with Crippen LogP contribution < -0.4 is 0 Å². The van der Waals surface area contributed by atoms with E-state index >= 15 is 0 Å². The Kier molecular flexibility index (Phi) is 4.08. The van der Waals surface area contributed by atoms with Gasteiger partial charge in [-0.1, -0.05) is 30.0 Å². The SMILES string of the molecule is COC(=O)CC(F)(F)Sc1ccccc1. The maximum absolute atomic E-state index is 13.2. The van der Waals surface area contributed by atoms with E-state index < -0.39 is 17.6 Å². The van der Waals surface area contributed by atoms with Crippen LogP contribution in [0, 0.1) is 0 Å². The van der Waals surface area contributed by atoms with Gasteiger partial charge < -0.3 is 4.74 Å². The normalized spacial score (nSPS) is 11.1. The number of methoxy groups -OCH3 is 1. The molecule has 0 amide bonds. The summed E-state index contributed by atoms with van der Waals surface area (Å²) in [6.45, 7) is 0. The molecule has 0 saturated heterocycles. The van der Waals surface area contributed by atoms with Crippen molar-refractivity contribution in [1.29, 1.82) is 0 Å². The number of hydrogen-bond acceptors (Lipinski definition) is 3. The number of carbonyl (C=O) groups is 1. The van der Waals surface area contributed by atoms with Gasteiger partial charge in [0.1, 0.15) is 6.42 Å². The topological polar surface area (TPSA) is 26.3 Å². The second-order valence-corrected chi connectivity index (χ2v) is 4.08. The van der Waals surface area contributed by atoms with Crippen molar-refractivity contribution < 1.29 is 18.3 Å². The maximum Gasteiger partial charge on any atom is 0.312 e. The third-order valence-electron chi connectivity index (χ3n) is 1.59. The van der Waals surface area contributed by atoms with Crippen molar-refractivity contribution in [2.45, 2.75) is 16.6 Å². The minimum Gasteiger partial charge on any atom is -0.469 e. The second kappa shape index (κ2) is 5.11. The molecule has 0 heterocycles. The Morgan fingerprint density at radius 1 is 1.40 bits per heavy atom. The molecule has 0 bridgehead atoms. The van der Waals surface area contributed by atoms with Gasteiger partial charge >= 0.3 is 11.2 Å². The van der Waals surface area contributed by atoms with Crippen LogP contribution in [0.2, 0.25) is 0 Å². The highest BCUT2D eigenvalue weighted by molar-refractivity contribution is 8.00. The molecule has 0 aromatic heterocycles. The number of ether oxygens (including phenoxy) is 1. The molecule has 5 heteroatoms. The third kappa shape index (κ3) is 4.29. The number of hydrogen-bond donors (Lipinski definition) is 0. The fraction of sp³-hybridized carbons (Fsp3) is 0.300. The minimum atomic E-state index is -3.13. The smallest absolute Gasteiger partial charge is 0.312 e. The molecular weight excluding hydrogens is 222 g/mol. The Hall–Kier alpha value is -1.10. The van der Waals surface area contributed by atoms with Crippen molar-refractivity contribution in [3.63, 3.8) is 0 Å². The van der Waals surface area contributed by atoms with Gasteiger partial charge in [-0.15, -0.1) is 0 Å². The van der Waals surface area contributed by atoms with E-state index in [9.17, 15) is 13.6 Å². The first-order valence-corrected chi connectivity index (χ1v) is 5.04. The molecule has 0 aliphatic carbocycles. The minimum absolute atomic E-state index is 0.355. The highest BCUT2D eigenvalue weighted by Gasteiger charge is 2.34. The molecule has 82 valence electrons. The van der Waals surface area contributed by atoms with E-state index in [0.29, 0.717) is 16.7 Å². The summed E-state index contributed by atoms with van der Waals surface area (Å²) in [7, 11) is 1.09. The van der Waals surface area contributed by atoms with Gasteiger partial charge in [0.15, 0.2) is 0 Å². The van der Waals surface area contributed by atoms with Crippen LogP contribution >= 0.6 is 11.8 Å². The molecular formula is C10H10F2O2S. The number of alkyl halides is 2. The third-order valence-corrected chi connectivity index (χ3v) is 2.54. The summed E-state index contributed by atoms with van der Waals surface area (Å²) in [4.78, 5) is 11.1. The molecule has 1 rings (SSSR count). The molecule has 1 aromatic carbocycles. The quantitative estimate of drug-likeness (QED) is 0.589. The largest absolute Gasteiger partial charge is 0.469 e. The average molecular weight is 232 g/mol. The molecule has 1 aromatic rings. The van der Waals surface area contributed by atoms with Gasteiger partial charge in [-0.05, 0) is 12.1 Å². The van der Waals surface area contributed by atoms with Crippen molar-refractivity contribution in [3.8, 4) is 0 Å². The van der Waals surface area contributed by atoms with Crippen LogP contribution in [0.15, 0.2) is 35.2 Å². The van der Waals surface area contributed by atoms with Crippen molar-refractivity contribution in [2.75, 3.05) is 7.11 Å². The van der Waals surface area contributed by atoms with E-state index in [1.165, 1.54) is 0 Å². The molecule has 2 nitrogen and oxygen atoms in total. The molecule has 15 heavy (non-hydrogen) atoms. The molecule has 0 spiro atoms. The number of carbonyl (C=O) groups excluding carboxylic acids is 1. The first-order valence-electron chi connectivity index (χ1n) is 4.22. The highest BCUT2D eigenvalue weighted by atomic mass is 32.2. The van der Waals surface area contributed by atoms with Crippen LogP contribution in [0.25, 0.3) is 0 Å². The van der Waals surface area contributed by atoms with Gasteiger partial charge in [0, 0.05) is 4.90 Å². The summed E-state index contributed by atoms with van der Waals surface area (Å²) < 4.78 is 30.6. The van der Waals surface area contributed by atoms with Crippen LogP contribution in [-0.2, 0) is 9.53 Å². The lowest BCUT2D eigenvalue weighted by Crippen LogP contribution is -2.17. The zero-order chi connectivity index (χ0) is 11.3. The van der Waals surface area contributed by atoms with Gasteiger partial charge in [-0.3, -0.25) is 4.79 Å². The molecule has 0 saturated carbocycles. The van der Waals surface area contributed by atoms with Crippen molar-refractivity contribution in [1.82, 2.24) is 0 Å². The van der Waals surface area contributed by atoms with Crippen LogP contribution in [0.5, 0.6) is 0 Å². The summed E-state index contributed by atoms with van der Waals surface area (Å²) in [6, 6.07) is 8.20. The van der Waals surface area contributed by atoms with E-state index in [1.807, 2.05) is 0 Å². The summed E-state index contributed by atoms with van der Waals surface area (Å²) in [6.07, 6.45) is -0.914. The summed E-state index contributed by atoms with van der Waals surface area (Å²) in [5.74, 6) is -0.913. The van der Waals surface area contributed by atoms with Gasteiger partial charge in [0.25, 0.3) is 0 Å². The van der Waals surface area contributed by atoms with E-state index in [1.54, 1.807) is 30.3 Å². The fourth-order valence-electron chi connectivity index (χ4n) is 0.937. The number of rotatable bonds is 4. The highest BCUT2D eigenvalue weighted by Crippen LogP contribution is 2.38. The predicted octanol–water partition coefficient (Wildman–Crippen LogP) is 2.93. The summed E-state index contributed by atoms with van der Waals surface area (Å²) in [5, 5.41) is -3.13. The Morgan fingerprint density at radius 3 is 2.53 bits per heavy atom. The molecule has 0 radical (unpaired) electrons. The van der Waals surface area contributed by atoms with Gasteiger partial charge in [-0.2, -0.15) is 8.78 Å². The van der Waals surface area contributed by atoms with Crippen LogP contribution in [0.4, 0.5) is 8.78 Å². The lowest BCUT2D eigenvalue weighted by molar-refractivity contribution is -0.144. The first kappa shape index (κ1) is 12.0. The van der Waals surface area contributed by atoms with E-state index in [2.05, 4.69) is 4.74 Å². The standard InChI is InChI=1S/C10H10F2O2S/c1-14-9(13)7-10(11,12)15-8-5-3-2-4-6-8/h2-6H,7H2,1H3. The summed E-state index contributed by atoms with van der Waals surface area (Å²) >= 11 is 0.355. The Labute approximate surface area is 90.6 Å². The number of thioether (sulfide) groups is 1. The molecule has 0 fully saturated rings. The van der Waals surface area contributed by atoms with Crippen molar-refractivity contribution in [3.05, 3.63) is 30.3 Å². The zero-order valence-electron chi connectivity index (χ0n) is 8.07. The second-order valence-electron chi connectivity index (χ2n) is 2.81. The van der Waals surface area contributed by atoms with Gasteiger partial charge in [0.2, 0.25) is 0 Å². The average Bonchev–Trinajstić information content (AvgIpc) is 2.17. The van der Waals surface area contributed by atoms with Crippen molar-refractivity contribution in [2.24, 2.45) is 0 Å². The number of benzene rings is 1. The van der Waals surface area contributed by atoms with Crippen LogP contribution in [0.1, 0.15) is 6.42 Å². The first-order chi connectivity index (χ1) is 7.03. The van der Waals surface area contributed by atoms with Crippen LogP contribution in [0.3, 0.4) is 0 Å². The van der Waals surface area contributed by atoms with E-state index in [-0.39, 0.29) is 0 Å². The lowest BCUT2D eigenvalue weighted by atomic mass is 10.4. The monoisotopic (exact) mass is 232 g/mol. The molecule has 0 atom stereocenters. The van der Waals surface area contributed by atoms with Crippen molar-refractivity contribution >= 4 is 17.7 Å². The maximum atomic E-state index is 13.2. The Morgan fingerprint density at radius 2 is 2.00 bits per heavy atom.